The SMILES string of the molecule is Cc1ccc(OCCCCCCn2ccnc2)c(Br)c1.Cl. The average Bonchev–Trinajstić information content (AvgIpc) is 2.93. The van der Waals surface area contributed by atoms with Gasteiger partial charge >= 0.3 is 0 Å². The minimum atomic E-state index is 0. The average molecular weight is 374 g/mol. The van der Waals surface area contributed by atoms with Gasteiger partial charge in [-0.15, -0.1) is 12.4 Å². The first-order chi connectivity index (χ1) is 9.75. The summed E-state index contributed by atoms with van der Waals surface area (Å²) in [5.41, 5.74) is 1.24. The molecule has 1 heterocycles. The van der Waals surface area contributed by atoms with Crippen LogP contribution in [0.3, 0.4) is 0 Å². The van der Waals surface area contributed by atoms with E-state index in [1.54, 1.807) is 0 Å². The summed E-state index contributed by atoms with van der Waals surface area (Å²) in [6.07, 6.45) is 10.5. The molecule has 21 heavy (non-hydrogen) atoms. The number of benzene rings is 1. The van der Waals surface area contributed by atoms with Crippen molar-refractivity contribution in [1.82, 2.24) is 9.55 Å². The van der Waals surface area contributed by atoms with Crippen LogP contribution in [-0.4, -0.2) is 16.2 Å². The van der Waals surface area contributed by atoms with Gasteiger partial charge in [0.25, 0.3) is 0 Å². The Morgan fingerprint density at radius 1 is 1.19 bits per heavy atom. The molecule has 5 heteroatoms. The van der Waals surface area contributed by atoms with Crippen molar-refractivity contribution in [1.29, 1.82) is 0 Å². The zero-order valence-corrected chi connectivity index (χ0v) is 14.7. The van der Waals surface area contributed by atoms with Crippen molar-refractivity contribution in [2.75, 3.05) is 6.61 Å². The van der Waals surface area contributed by atoms with Gasteiger partial charge in [-0.3, -0.25) is 0 Å². The van der Waals surface area contributed by atoms with Crippen molar-refractivity contribution in [2.24, 2.45) is 0 Å². The Balaban J connectivity index is 0.00000220. The predicted octanol–water partition coefficient (Wildman–Crippen LogP) is 5.02. The van der Waals surface area contributed by atoms with Gasteiger partial charge in [0.1, 0.15) is 5.75 Å². The fraction of sp³-hybridized carbons (Fsp3) is 0.438. The van der Waals surface area contributed by atoms with Gasteiger partial charge in [0.2, 0.25) is 0 Å². The van der Waals surface area contributed by atoms with E-state index >= 15 is 0 Å². The van der Waals surface area contributed by atoms with Gasteiger partial charge in [0.05, 0.1) is 17.4 Å². The van der Waals surface area contributed by atoms with Crippen molar-refractivity contribution in [2.45, 2.75) is 39.2 Å². The summed E-state index contributed by atoms with van der Waals surface area (Å²) in [5, 5.41) is 0. The highest BCUT2D eigenvalue weighted by atomic mass is 79.9. The van der Waals surface area contributed by atoms with E-state index < -0.39 is 0 Å². The largest absolute Gasteiger partial charge is 0.492 e. The lowest BCUT2D eigenvalue weighted by molar-refractivity contribution is 0.302. The second-order valence-electron chi connectivity index (χ2n) is 5.00. The van der Waals surface area contributed by atoms with Crippen LogP contribution in [0.25, 0.3) is 0 Å². The van der Waals surface area contributed by atoms with E-state index in [0.29, 0.717) is 0 Å². The van der Waals surface area contributed by atoms with E-state index in [1.807, 2.05) is 24.8 Å². The van der Waals surface area contributed by atoms with Crippen LogP contribution in [0.15, 0.2) is 41.4 Å². The molecule has 0 N–H and O–H groups in total. The Morgan fingerprint density at radius 2 is 2.00 bits per heavy atom. The van der Waals surface area contributed by atoms with E-state index in [1.165, 1.54) is 24.8 Å². The smallest absolute Gasteiger partial charge is 0.133 e. The number of hydrogen-bond acceptors (Lipinski definition) is 2. The van der Waals surface area contributed by atoms with E-state index in [9.17, 15) is 0 Å². The van der Waals surface area contributed by atoms with Crippen molar-refractivity contribution in [3.8, 4) is 5.75 Å². The standard InChI is InChI=1S/C16H21BrN2O.ClH/c1-14-6-7-16(15(17)12-14)20-11-5-3-2-4-9-19-10-8-18-13-19;/h6-8,10,12-13H,2-5,9,11H2,1H3;1H. The van der Waals surface area contributed by atoms with Crippen LogP contribution in [0, 0.1) is 6.92 Å². The molecule has 0 radical (unpaired) electrons. The van der Waals surface area contributed by atoms with E-state index in [-0.39, 0.29) is 12.4 Å². The molecule has 2 aromatic rings. The number of nitrogens with zero attached hydrogens (tertiary/aromatic N) is 2. The first kappa shape index (κ1) is 18.1. The highest BCUT2D eigenvalue weighted by Gasteiger charge is 2.00. The number of halogens is 2. The lowest BCUT2D eigenvalue weighted by Gasteiger charge is -2.08. The highest BCUT2D eigenvalue weighted by Crippen LogP contribution is 2.25. The maximum atomic E-state index is 5.78. The fourth-order valence-electron chi connectivity index (χ4n) is 2.07. The van der Waals surface area contributed by atoms with Crippen molar-refractivity contribution < 1.29 is 4.74 Å². The molecule has 0 saturated heterocycles. The van der Waals surface area contributed by atoms with Gasteiger partial charge in [0, 0.05) is 18.9 Å². The fourth-order valence-corrected chi connectivity index (χ4v) is 2.68. The topological polar surface area (TPSA) is 27.1 Å². The van der Waals surface area contributed by atoms with Gasteiger partial charge in [-0.2, -0.15) is 0 Å². The third-order valence-electron chi connectivity index (χ3n) is 3.21. The zero-order valence-electron chi connectivity index (χ0n) is 12.3. The summed E-state index contributed by atoms with van der Waals surface area (Å²) >= 11 is 3.53. The van der Waals surface area contributed by atoms with Crippen LogP contribution >= 0.6 is 28.3 Å². The van der Waals surface area contributed by atoms with Crippen LogP contribution in [0.5, 0.6) is 5.75 Å². The molecule has 116 valence electrons. The van der Waals surface area contributed by atoms with Crippen LogP contribution in [-0.2, 0) is 6.54 Å². The molecule has 2 rings (SSSR count). The molecule has 0 saturated carbocycles. The molecule has 0 atom stereocenters. The monoisotopic (exact) mass is 372 g/mol. The van der Waals surface area contributed by atoms with Crippen LogP contribution in [0.4, 0.5) is 0 Å². The Hall–Kier alpha value is -1.000. The number of rotatable bonds is 8. The van der Waals surface area contributed by atoms with Crippen LogP contribution < -0.4 is 4.74 Å². The van der Waals surface area contributed by atoms with Crippen molar-refractivity contribution in [3.63, 3.8) is 0 Å². The van der Waals surface area contributed by atoms with Gasteiger partial charge in [-0.25, -0.2) is 4.98 Å². The minimum Gasteiger partial charge on any atom is -0.492 e. The molecule has 0 fully saturated rings. The molecule has 0 aliphatic carbocycles. The number of unbranched alkanes of at least 4 members (excludes halogenated alkanes) is 3. The van der Waals surface area contributed by atoms with Crippen molar-refractivity contribution in [3.05, 3.63) is 47.0 Å². The molecular weight excluding hydrogens is 352 g/mol. The molecule has 0 aliphatic heterocycles. The first-order valence-electron chi connectivity index (χ1n) is 7.10. The summed E-state index contributed by atoms with van der Waals surface area (Å²) in [4.78, 5) is 4.04. The van der Waals surface area contributed by atoms with Gasteiger partial charge in [0.15, 0.2) is 0 Å². The summed E-state index contributed by atoms with van der Waals surface area (Å²) in [6.45, 7) is 3.92. The van der Waals surface area contributed by atoms with E-state index in [4.69, 9.17) is 4.74 Å². The lowest BCUT2D eigenvalue weighted by Crippen LogP contribution is -1.99. The Kier molecular flexibility index (Phi) is 8.47. The maximum absolute atomic E-state index is 5.78. The van der Waals surface area contributed by atoms with Gasteiger partial charge in [-0.1, -0.05) is 18.9 Å². The number of aromatic nitrogens is 2. The lowest BCUT2D eigenvalue weighted by atomic mass is 10.2. The van der Waals surface area contributed by atoms with Gasteiger partial charge in [-0.05, 0) is 53.4 Å². The normalized spacial score (nSPS) is 10.2. The van der Waals surface area contributed by atoms with E-state index in [0.717, 1.165) is 29.8 Å². The molecule has 0 aliphatic rings. The Morgan fingerprint density at radius 3 is 2.71 bits per heavy atom. The molecule has 1 aromatic heterocycles. The number of aryl methyl sites for hydroxylation is 2. The third kappa shape index (κ3) is 6.53. The molecule has 3 nitrogen and oxygen atoms in total. The van der Waals surface area contributed by atoms with Gasteiger partial charge < -0.3 is 9.30 Å². The second kappa shape index (κ2) is 9.85. The summed E-state index contributed by atoms with van der Waals surface area (Å²) in [7, 11) is 0. The highest BCUT2D eigenvalue weighted by molar-refractivity contribution is 9.10. The van der Waals surface area contributed by atoms with E-state index in [2.05, 4.69) is 44.5 Å². The Bertz CT molecular complexity index is 517. The first-order valence-corrected chi connectivity index (χ1v) is 7.90. The van der Waals surface area contributed by atoms with Crippen LogP contribution in [0.1, 0.15) is 31.2 Å². The molecule has 0 bridgehead atoms. The quantitative estimate of drug-likeness (QED) is 0.608. The maximum Gasteiger partial charge on any atom is 0.133 e. The van der Waals surface area contributed by atoms with Crippen molar-refractivity contribution >= 4 is 28.3 Å². The van der Waals surface area contributed by atoms with Crippen LogP contribution in [0.2, 0.25) is 0 Å². The molecular formula is C16H22BrClN2O. The molecule has 0 unspecified atom stereocenters. The summed E-state index contributed by atoms with van der Waals surface area (Å²) in [5.74, 6) is 0.939. The molecule has 0 spiro atoms. The summed E-state index contributed by atoms with van der Waals surface area (Å²) in [6, 6.07) is 6.18. The third-order valence-corrected chi connectivity index (χ3v) is 3.83. The number of imidazole rings is 1. The molecule has 0 amide bonds. The minimum absolute atomic E-state index is 0. The summed E-state index contributed by atoms with van der Waals surface area (Å²) < 4.78 is 8.95. The number of hydrogen-bond donors (Lipinski definition) is 0. The Labute approximate surface area is 141 Å². The molecule has 1 aromatic carbocycles. The zero-order chi connectivity index (χ0) is 14.2. The second-order valence-corrected chi connectivity index (χ2v) is 5.85. The predicted molar refractivity (Wildman–Crippen MR) is 92.3 cm³/mol. The number of ether oxygens (including phenoxy) is 1.